The van der Waals surface area contributed by atoms with E-state index in [0.29, 0.717) is 16.6 Å². The van der Waals surface area contributed by atoms with E-state index in [1.165, 1.54) is 0 Å². The van der Waals surface area contributed by atoms with Gasteiger partial charge in [-0.25, -0.2) is 4.98 Å². The number of aromatic nitrogens is 1. The lowest BCUT2D eigenvalue weighted by Gasteiger charge is -2.06. The van der Waals surface area contributed by atoms with Gasteiger partial charge in [-0.05, 0) is 18.2 Å². The Morgan fingerprint density at radius 3 is 2.93 bits per heavy atom. The van der Waals surface area contributed by atoms with Crippen LogP contribution < -0.4 is 5.32 Å². The summed E-state index contributed by atoms with van der Waals surface area (Å²) >= 11 is 13.4. The van der Waals surface area contributed by atoms with Crippen LogP contribution in [0.5, 0.6) is 0 Å². The summed E-state index contributed by atoms with van der Waals surface area (Å²) in [6.45, 7) is 0.656. The molecular weight excluding hydrogens is 251 g/mol. The Morgan fingerprint density at radius 1 is 1.33 bits per heavy atom. The molecule has 0 radical (unpaired) electrons. The van der Waals surface area contributed by atoms with Crippen LogP contribution in [0.15, 0.2) is 29.1 Å². The number of nitrogens with one attached hydrogen (secondary N) is 1. The molecule has 1 heterocycles. The zero-order valence-corrected chi connectivity index (χ0v) is 10.0. The van der Waals surface area contributed by atoms with Crippen molar-refractivity contribution in [3.05, 3.63) is 44.8 Å². The summed E-state index contributed by atoms with van der Waals surface area (Å²) in [5.41, 5.74) is 3.63. The molecule has 0 amide bonds. The maximum atomic E-state index is 6.00. The minimum atomic E-state index is 0.656. The van der Waals surface area contributed by atoms with Gasteiger partial charge >= 0.3 is 0 Å². The van der Waals surface area contributed by atoms with Crippen molar-refractivity contribution in [2.75, 3.05) is 5.32 Å². The van der Waals surface area contributed by atoms with Crippen LogP contribution in [0.3, 0.4) is 0 Å². The molecule has 0 aliphatic rings. The van der Waals surface area contributed by atoms with Crippen LogP contribution in [0, 0.1) is 0 Å². The first kappa shape index (κ1) is 10.7. The molecule has 1 aromatic heterocycles. The number of halogens is 2. The predicted molar refractivity (Wildman–Crippen MR) is 65.9 cm³/mol. The van der Waals surface area contributed by atoms with E-state index in [-0.39, 0.29) is 0 Å². The number of anilines is 1. The highest BCUT2D eigenvalue weighted by Gasteiger charge is 2.01. The van der Waals surface area contributed by atoms with E-state index in [9.17, 15) is 0 Å². The Hall–Kier alpha value is -0.770. The molecule has 1 aromatic carbocycles. The van der Waals surface area contributed by atoms with Crippen molar-refractivity contribution >= 4 is 40.2 Å². The van der Waals surface area contributed by atoms with Gasteiger partial charge in [0.05, 0.1) is 28.5 Å². The number of thiazole rings is 1. The minimum Gasteiger partial charge on any atom is -0.378 e. The van der Waals surface area contributed by atoms with Crippen LogP contribution >= 0.6 is 34.5 Å². The van der Waals surface area contributed by atoms with E-state index in [0.717, 1.165) is 11.4 Å². The topological polar surface area (TPSA) is 24.9 Å². The fourth-order valence-electron chi connectivity index (χ4n) is 1.14. The Balaban J connectivity index is 2.07. The SMILES string of the molecule is Clc1ccc(Cl)c(NCc2cscn2)c1. The molecule has 15 heavy (non-hydrogen) atoms. The molecule has 5 heteroatoms. The summed E-state index contributed by atoms with van der Waals surface area (Å²) in [4.78, 5) is 4.16. The van der Waals surface area contributed by atoms with E-state index in [1.807, 2.05) is 5.38 Å². The lowest BCUT2D eigenvalue weighted by molar-refractivity contribution is 1.07. The number of hydrogen-bond donors (Lipinski definition) is 1. The molecule has 0 aliphatic heterocycles. The third kappa shape index (κ3) is 2.84. The van der Waals surface area contributed by atoms with Crippen LogP contribution in [0.4, 0.5) is 5.69 Å². The first-order valence-corrected chi connectivity index (χ1v) is 6.01. The first-order chi connectivity index (χ1) is 7.25. The molecule has 0 saturated carbocycles. The Morgan fingerprint density at radius 2 is 2.20 bits per heavy atom. The molecule has 2 aromatic rings. The molecule has 0 aliphatic carbocycles. The average Bonchev–Trinajstić information content (AvgIpc) is 2.72. The number of nitrogens with zero attached hydrogens (tertiary/aromatic N) is 1. The first-order valence-electron chi connectivity index (χ1n) is 4.31. The minimum absolute atomic E-state index is 0.656. The normalized spacial score (nSPS) is 10.3. The maximum absolute atomic E-state index is 6.00. The molecule has 0 fully saturated rings. The predicted octanol–water partition coefficient (Wildman–Crippen LogP) is 4.06. The smallest absolute Gasteiger partial charge is 0.0795 e. The van der Waals surface area contributed by atoms with Crippen LogP contribution in [-0.4, -0.2) is 4.98 Å². The van der Waals surface area contributed by atoms with Crippen molar-refractivity contribution in [3.63, 3.8) is 0 Å². The van der Waals surface area contributed by atoms with Crippen molar-refractivity contribution in [2.24, 2.45) is 0 Å². The van der Waals surface area contributed by atoms with Gasteiger partial charge in [-0.2, -0.15) is 0 Å². The quantitative estimate of drug-likeness (QED) is 0.898. The zero-order valence-electron chi connectivity index (χ0n) is 7.71. The van der Waals surface area contributed by atoms with Crippen LogP contribution in [0.1, 0.15) is 5.69 Å². The molecule has 0 atom stereocenters. The second-order valence-electron chi connectivity index (χ2n) is 2.96. The van der Waals surface area contributed by atoms with Crippen molar-refractivity contribution < 1.29 is 0 Å². The third-order valence-corrected chi connectivity index (χ3v) is 3.07. The monoisotopic (exact) mass is 258 g/mol. The summed E-state index contributed by atoms with van der Waals surface area (Å²) in [5.74, 6) is 0. The highest BCUT2D eigenvalue weighted by atomic mass is 35.5. The molecule has 0 spiro atoms. The van der Waals surface area contributed by atoms with E-state index in [2.05, 4.69) is 10.3 Å². The fraction of sp³-hybridized carbons (Fsp3) is 0.100. The molecule has 0 bridgehead atoms. The number of hydrogen-bond acceptors (Lipinski definition) is 3. The van der Waals surface area contributed by atoms with Crippen molar-refractivity contribution in [3.8, 4) is 0 Å². The molecule has 0 saturated heterocycles. The summed E-state index contributed by atoms with van der Waals surface area (Å²) in [6, 6.07) is 5.33. The second-order valence-corrected chi connectivity index (χ2v) is 4.52. The molecule has 1 N–H and O–H groups in total. The van der Waals surface area contributed by atoms with Crippen LogP contribution in [-0.2, 0) is 6.54 Å². The van der Waals surface area contributed by atoms with Crippen molar-refractivity contribution in [2.45, 2.75) is 6.54 Å². The average molecular weight is 259 g/mol. The van der Waals surface area contributed by atoms with Gasteiger partial charge in [0.1, 0.15) is 0 Å². The lowest BCUT2D eigenvalue weighted by Crippen LogP contribution is -1.99. The van der Waals surface area contributed by atoms with E-state index in [4.69, 9.17) is 23.2 Å². The second kappa shape index (κ2) is 4.84. The maximum Gasteiger partial charge on any atom is 0.0795 e. The van der Waals surface area contributed by atoms with Crippen LogP contribution in [0.2, 0.25) is 10.0 Å². The van der Waals surface area contributed by atoms with Gasteiger partial charge < -0.3 is 5.32 Å². The lowest BCUT2D eigenvalue weighted by atomic mass is 10.3. The summed E-state index contributed by atoms with van der Waals surface area (Å²) in [5, 5.41) is 6.50. The van der Waals surface area contributed by atoms with Gasteiger partial charge in [0.25, 0.3) is 0 Å². The highest BCUT2D eigenvalue weighted by Crippen LogP contribution is 2.25. The molecule has 2 nitrogen and oxygen atoms in total. The van der Waals surface area contributed by atoms with Gasteiger partial charge in [0, 0.05) is 10.4 Å². The Kier molecular flexibility index (Phi) is 3.46. The van der Waals surface area contributed by atoms with E-state index < -0.39 is 0 Å². The highest BCUT2D eigenvalue weighted by molar-refractivity contribution is 7.07. The molecule has 0 unspecified atom stereocenters. The van der Waals surface area contributed by atoms with Gasteiger partial charge in [0.2, 0.25) is 0 Å². The molecule has 2 rings (SSSR count). The summed E-state index contributed by atoms with van der Waals surface area (Å²) < 4.78 is 0. The standard InChI is InChI=1S/C10H8Cl2N2S/c11-7-1-2-9(12)10(3-7)13-4-8-5-15-6-14-8/h1-3,5-6,13H,4H2. The van der Waals surface area contributed by atoms with Gasteiger partial charge in [-0.15, -0.1) is 11.3 Å². The zero-order chi connectivity index (χ0) is 10.7. The largest absolute Gasteiger partial charge is 0.378 e. The molecule has 78 valence electrons. The summed E-state index contributed by atoms with van der Waals surface area (Å²) in [7, 11) is 0. The van der Waals surface area contributed by atoms with E-state index in [1.54, 1.807) is 35.0 Å². The van der Waals surface area contributed by atoms with E-state index >= 15 is 0 Å². The number of benzene rings is 1. The van der Waals surface area contributed by atoms with Crippen molar-refractivity contribution in [1.29, 1.82) is 0 Å². The molecular formula is C10H8Cl2N2S. The Labute approximate surface area is 102 Å². The van der Waals surface area contributed by atoms with Gasteiger partial charge in [0.15, 0.2) is 0 Å². The van der Waals surface area contributed by atoms with Crippen LogP contribution in [0.25, 0.3) is 0 Å². The third-order valence-electron chi connectivity index (χ3n) is 1.87. The van der Waals surface area contributed by atoms with Gasteiger partial charge in [-0.3, -0.25) is 0 Å². The Bertz CT molecular complexity index is 443. The van der Waals surface area contributed by atoms with Gasteiger partial charge in [-0.1, -0.05) is 23.2 Å². The number of rotatable bonds is 3. The fourth-order valence-corrected chi connectivity index (χ4v) is 2.06. The summed E-state index contributed by atoms with van der Waals surface area (Å²) in [6.07, 6.45) is 0. The van der Waals surface area contributed by atoms with Crippen molar-refractivity contribution in [1.82, 2.24) is 4.98 Å².